The number of aliphatic hydroxyl groups is 1. The molecule has 0 rings (SSSR count). The van der Waals surface area contributed by atoms with Gasteiger partial charge in [0.05, 0.1) is 5.76 Å². The van der Waals surface area contributed by atoms with E-state index in [0.29, 0.717) is 0 Å². The summed E-state index contributed by atoms with van der Waals surface area (Å²) < 4.78 is 0. The Labute approximate surface area is 87.2 Å². The van der Waals surface area contributed by atoms with Crippen molar-refractivity contribution in [2.75, 3.05) is 0 Å². The normalized spacial score (nSPS) is 10.0. The van der Waals surface area contributed by atoms with Crippen molar-refractivity contribution < 1.29 is 56.8 Å². The van der Waals surface area contributed by atoms with Crippen molar-refractivity contribution in [3.8, 4) is 0 Å². The van der Waals surface area contributed by atoms with Crippen LogP contribution in [0.4, 0.5) is 0 Å². The van der Waals surface area contributed by atoms with Crippen molar-refractivity contribution in [3.63, 3.8) is 0 Å². The van der Waals surface area contributed by atoms with E-state index in [9.17, 15) is 4.79 Å². The van der Waals surface area contributed by atoms with Crippen LogP contribution in [-0.4, -0.2) is 10.9 Å². The summed E-state index contributed by atoms with van der Waals surface area (Å²) in [6.07, 6.45) is 1.17. The second-order valence-corrected chi connectivity index (χ2v) is 1.40. The Kier molecular flexibility index (Phi) is 8.43. The van der Waals surface area contributed by atoms with Gasteiger partial charge in [0.1, 0.15) is 0 Å². The van der Waals surface area contributed by atoms with Crippen molar-refractivity contribution in [3.05, 3.63) is 11.8 Å². The Morgan fingerprint density at radius 1 is 1.50 bits per heavy atom. The van der Waals surface area contributed by atoms with Crippen LogP contribution in [0, 0.1) is 46.9 Å². The van der Waals surface area contributed by atoms with Gasteiger partial charge in [0.25, 0.3) is 0 Å². The Balaban J connectivity index is 0. The number of hydrogen-bond donors (Lipinski definition) is 1. The maximum Gasteiger partial charge on any atom is 0.155 e. The van der Waals surface area contributed by atoms with Gasteiger partial charge in [-0.1, -0.05) is 0 Å². The van der Waals surface area contributed by atoms with Crippen molar-refractivity contribution in [2.24, 2.45) is 0 Å². The van der Waals surface area contributed by atoms with Gasteiger partial charge >= 0.3 is 0 Å². The molecule has 0 aromatic carbocycles. The third kappa shape index (κ3) is 9.88. The maximum atomic E-state index is 10.0. The second-order valence-electron chi connectivity index (χ2n) is 1.40. The van der Waals surface area contributed by atoms with Gasteiger partial charge in [-0.3, -0.25) is 4.79 Å². The summed E-state index contributed by atoms with van der Waals surface area (Å²) in [5.41, 5.74) is 0. The quantitative estimate of drug-likeness (QED) is 0.572. The minimum atomic E-state index is -0.125. The Morgan fingerprint density at radius 2 is 1.88 bits per heavy atom. The van der Waals surface area contributed by atoms with Crippen LogP contribution in [0.25, 0.3) is 0 Å². The first-order chi connectivity index (χ1) is 3.13. The molecule has 0 unspecified atom stereocenters. The van der Waals surface area contributed by atoms with Crippen LogP contribution in [0.3, 0.4) is 0 Å². The Bertz CT molecular complexity index is 103. The number of ketones is 1. The minimum Gasteiger partial charge on any atom is -0.512 e. The molecular weight excluding hydrogens is 265 g/mol. The van der Waals surface area contributed by atoms with Gasteiger partial charge in [-0.15, -0.1) is 0 Å². The van der Waals surface area contributed by atoms with E-state index < -0.39 is 0 Å². The molecule has 0 aromatic heterocycles. The molecule has 0 aliphatic carbocycles. The smallest absolute Gasteiger partial charge is 0.155 e. The molecule has 0 atom stereocenters. The first-order valence-corrected chi connectivity index (χ1v) is 2.01. The van der Waals surface area contributed by atoms with E-state index in [1.807, 2.05) is 0 Å². The zero-order chi connectivity index (χ0) is 5.86. The summed E-state index contributed by atoms with van der Waals surface area (Å²) in [7, 11) is 0. The van der Waals surface area contributed by atoms with Gasteiger partial charge in [-0.05, 0) is 13.8 Å². The van der Waals surface area contributed by atoms with Gasteiger partial charge in [0.15, 0.2) is 5.78 Å². The molecule has 0 heterocycles. The van der Waals surface area contributed by atoms with Gasteiger partial charge in [0.2, 0.25) is 0 Å². The maximum absolute atomic E-state index is 10.0. The summed E-state index contributed by atoms with van der Waals surface area (Å²) >= 11 is 0. The number of carbonyl (C=O) groups excluding carboxylic acids is 1. The molecule has 0 saturated carbocycles. The van der Waals surface area contributed by atoms with Gasteiger partial charge in [-0.25, -0.2) is 0 Å². The molecule has 0 spiro atoms. The molecule has 2 nitrogen and oxygen atoms in total. The van der Waals surface area contributed by atoms with Crippen LogP contribution in [-0.2, 0) is 4.79 Å². The van der Waals surface area contributed by atoms with E-state index in [1.165, 1.54) is 19.9 Å². The van der Waals surface area contributed by atoms with E-state index in [1.54, 1.807) is 0 Å². The standard InChI is InChI=1S/C5H8O2.Yb/c1-4(6)3-5(2)7;/h3,6H,1-2H3;/b4-3-;. The molecule has 0 aliphatic rings. The number of carbonyl (C=O) groups is 1. The zero-order valence-electron chi connectivity index (χ0n) is 4.70. The molecule has 0 fully saturated rings. The fraction of sp³-hybridized carbons (Fsp3) is 0.400. The molecule has 54 valence electrons. The van der Waals surface area contributed by atoms with Crippen LogP contribution >= 0.6 is 0 Å². The van der Waals surface area contributed by atoms with E-state index in [0.717, 1.165) is 0 Å². The van der Waals surface area contributed by atoms with E-state index in [2.05, 4.69) is 0 Å². The summed E-state index contributed by atoms with van der Waals surface area (Å²) in [6, 6.07) is 0. The summed E-state index contributed by atoms with van der Waals surface area (Å²) in [6.45, 7) is 2.85. The van der Waals surface area contributed by atoms with E-state index in [4.69, 9.17) is 5.11 Å². The first-order valence-electron chi connectivity index (χ1n) is 2.01. The zero-order valence-corrected chi connectivity index (χ0v) is 6.41. The molecule has 0 amide bonds. The van der Waals surface area contributed by atoms with Crippen LogP contribution in [0.1, 0.15) is 13.8 Å². The molecule has 0 aliphatic heterocycles. The average molecular weight is 273 g/mol. The van der Waals surface area contributed by atoms with Crippen molar-refractivity contribution in [1.82, 2.24) is 0 Å². The first kappa shape index (κ1) is 11.5. The molecule has 8 heavy (non-hydrogen) atoms. The number of aliphatic hydroxyl groups excluding tert-OH is 1. The van der Waals surface area contributed by atoms with Crippen molar-refractivity contribution in [1.29, 1.82) is 0 Å². The Hall–Kier alpha value is 0.729. The molecule has 1 N–H and O–H groups in total. The molecule has 0 aromatic rings. The van der Waals surface area contributed by atoms with Crippen LogP contribution in [0.2, 0.25) is 0 Å². The van der Waals surface area contributed by atoms with Crippen molar-refractivity contribution in [2.45, 2.75) is 13.8 Å². The van der Waals surface area contributed by atoms with E-state index in [-0.39, 0.29) is 58.5 Å². The predicted octanol–water partition coefficient (Wildman–Crippen LogP) is 1.04. The molecule has 0 saturated heterocycles. The fourth-order valence-corrected chi connectivity index (χ4v) is 0.294. The largest absolute Gasteiger partial charge is 0.512 e. The van der Waals surface area contributed by atoms with Gasteiger partial charge in [-0.2, -0.15) is 0 Å². The summed E-state index contributed by atoms with van der Waals surface area (Å²) in [5, 5.41) is 8.36. The molecule has 3 heteroatoms. The van der Waals surface area contributed by atoms with Gasteiger partial charge < -0.3 is 5.11 Å². The molecule has 0 radical (unpaired) electrons. The SMILES string of the molecule is CC(=O)/C=C(/C)O.[Yb]. The minimum absolute atomic E-state index is 0. The third-order valence-electron chi connectivity index (χ3n) is 0.412. The monoisotopic (exact) mass is 274 g/mol. The molecular formula is C5H8O2Yb. The van der Waals surface area contributed by atoms with Crippen LogP contribution in [0.5, 0.6) is 0 Å². The Morgan fingerprint density at radius 3 is 1.88 bits per heavy atom. The van der Waals surface area contributed by atoms with Crippen LogP contribution in [0.15, 0.2) is 11.8 Å². The summed E-state index contributed by atoms with van der Waals surface area (Å²) in [4.78, 5) is 10.0. The fourth-order valence-electron chi connectivity index (χ4n) is 0.294. The summed E-state index contributed by atoms with van der Waals surface area (Å²) in [5.74, 6) is -0.0625. The predicted molar refractivity (Wildman–Crippen MR) is 27.1 cm³/mol. The molecule has 0 bridgehead atoms. The average Bonchev–Trinajstić information content (AvgIpc) is 1.27. The van der Waals surface area contributed by atoms with Gasteiger partial charge in [0, 0.05) is 53.0 Å². The van der Waals surface area contributed by atoms with E-state index >= 15 is 0 Å². The number of hydrogen-bond acceptors (Lipinski definition) is 2. The topological polar surface area (TPSA) is 37.3 Å². The van der Waals surface area contributed by atoms with Crippen molar-refractivity contribution >= 4 is 5.78 Å². The van der Waals surface area contributed by atoms with Crippen LogP contribution < -0.4 is 0 Å². The number of allylic oxidation sites excluding steroid dienone is 2. The third-order valence-corrected chi connectivity index (χ3v) is 0.412. The second kappa shape index (κ2) is 5.86. The number of rotatable bonds is 1.